The summed E-state index contributed by atoms with van der Waals surface area (Å²) in [5.41, 5.74) is 3.68. The smallest absolute Gasteiger partial charge is 0.252 e. The van der Waals surface area contributed by atoms with Crippen molar-refractivity contribution < 1.29 is 14.3 Å². The van der Waals surface area contributed by atoms with E-state index in [4.69, 9.17) is 9.72 Å². The van der Waals surface area contributed by atoms with Crippen LogP contribution in [0.3, 0.4) is 0 Å². The van der Waals surface area contributed by atoms with Gasteiger partial charge in [0.05, 0.1) is 29.9 Å². The van der Waals surface area contributed by atoms with Crippen molar-refractivity contribution in [1.82, 2.24) is 14.9 Å². The Morgan fingerprint density at radius 1 is 1.00 bits per heavy atom. The summed E-state index contributed by atoms with van der Waals surface area (Å²) in [6, 6.07) is 21.9. The molecule has 4 rings (SSSR count). The maximum absolute atomic E-state index is 13.0. The second-order valence-electron chi connectivity index (χ2n) is 7.80. The molecule has 1 aromatic heterocycles. The monoisotopic (exact) mass is 442 g/mol. The molecule has 1 unspecified atom stereocenters. The summed E-state index contributed by atoms with van der Waals surface area (Å²) in [6.07, 6.45) is 0. The highest BCUT2D eigenvalue weighted by Crippen LogP contribution is 2.25. The molecule has 2 N–H and O–H groups in total. The van der Waals surface area contributed by atoms with Crippen molar-refractivity contribution in [1.29, 1.82) is 0 Å². The number of benzene rings is 3. The van der Waals surface area contributed by atoms with Gasteiger partial charge in [-0.05, 0) is 49.7 Å². The van der Waals surface area contributed by atoms with Crippen LogP contribution in [0.1, 0.15) is 34.7 Å². The molecule has 0 fully saturated rings. The van der Waals surface area contributed by atoms with Gasteiger partial charge in [0.1, 0.15) is 18.1 Å². The topological polar surface area (TPSA) is 85.2 Å². The number of amides is 2. The Morgan fingerprint density at radius 2 is 1.70 bits per heavy atom. The number of aryl methyl sites for hydroxylation is 1. The fourth-order valence-corrected chi connectivity index (χ4v) is 3.84. The van der Waals surface area contributed by atoms with Gasteiger partial charge in [0.15, 0.2) is 0 Å². The Morgan fingerprint density at radius 3 is 2.48 bits per heavy atom. The number of carbonyl (C=O) groups excluding carboxylic acids is 2. The van der Waals surface area contributed by atoms with E-state index in [2.05, 4.69) is 10.6 Å². The summed E-state index contributed by atoms with van der Waals surface area (Å²) in [4.78, 5) is 30.5. The molecule has 0 bridgehead atoms. The van der Waals surface area contributed by atoms with E-state index in [1.54, 1.807) is 25.3 Å². The van der Waals surface area contributed by atoms with E-state index >= 15 is 0 Å². The molecule has 1 heterocycles. The second-order valence-corrected chi connectivity index (χ2v) is 7.80. The highest BCUT2D eigenvalue weighted by atomic mass is 16.5. The van der Waals surface area contributed by atoms with Crippen LogP contribution < -0.4 is 15.4 Å². The summed E-state index contributed by atoms with van der Waals surface area (Å²) in [5, 5.41) is 5.93. The lowest BCUT2D eigenvalue weighted by atomic mass is 10.1. The molecule has 3 aromatic carbocycles. The van der Waals surface area contributed by atoms with E-state index in [0.717, 1.165) is 16.6 Å². The van der Waals surface area contributed by atoms with E-state index in [1.165, 1.54) is 0 Å². The predicted molar refractivity (Wildman–Crippen MR) is 128 cm³/mol. The summed E-state index contributed by atoms with van der Waals surface area (Å²) in [7, 11) is 1.56. The molecule has 33 heavy (non-hydrogen) atoms. The largest absolute Gasteiger partial charge is 0.495 e. The SMILES string of the molecule is COc1ccccc1NC(=O)Cn1c(C(C)NC(=O)c2ccccc2C)nc2ccccc21. The molecule has 0 aliphatic rings. The average molecular weight is 443 g/mol. The first-order valence-corrected chi connectivity index (χ1v) is 10.7. The molecule has 0 radical (unpaired) electrons. The first-order valence-electron chi connectivity index (χ1n) is 10.7. The molecule has 7 nitrogen and oxygen atoms in total. The number of para-hydroxylation sites is 4. The first kappa shape index (κ1) is 22.1. The van der Waals surface area contributed by atoms with Crippen molar-refractivity contribution in [3.05, 3.63) is 89.7 Å². The standard InChI is InChI=1S/C26H26N4O3/c1-17-10-4-5-11-19(17)26(32)27-18(2)25-29-20-12-6-8-14-22(20)30(25)16-24(31)28-21-13-7-9-15-23(21)33-3/h4-15,18H,16H2,1-3H3,(H,27,32)(H,28,31). The number of rotatable bonds is 7. The number of hydrogen-bond acceptors (Lipinski definition) is 4. The lowest BCUT2D eigenvalue weighted by molar-refractivity contribution is -0.116. The molecule has 0 aliphatic carbocycles. The predicted octanol–water partition coefficient (Wildman–Crippen LogP) is 4.48. The van der Waals surface area contributed by atoms with Crippen molar-refractivity contribution in [3.8, 4) is 5.75 Å². The van der Waals surface area contributed by atoms with Crippen LogP contribution in [0.2, 0.25) is 0 Å². The minimum atomic E-state index is -0.413. The van der Waals surface area contributed by atoms with E-state index in [-0.39, 0.29) is 18.4 Å². The van der Waals surface area contributed by atoms with Crippen LogP contribution in [0, 0.1) is 6.92 Å². The van der Waals surface area contributed by atoms with Crippen molar-refractivity contribution in [2.45, 2.75) is 26.4 Å². The number of aromatic nitrogens is 2. The van der Waals surface area contributed by atoms with Crippen molar-refractivity contribution in [2.24, 2.45) is 0 Å². The lowest BCUT2D eigenvalue weighted by Crippen LogP contribution is -2.30. The number of carbonyl (C=O) groups is 2. The number of ether oxygens (including phenoxy) is 1. The molecular formula is C26H26N4O3. The molecule has 1 atom stereocenters. The Kier molecular flexibility index (Phi) is 6.40. The Bertz CT molecular complexity index is 1310. The normalized spacial score (nSPS) is 11.7. The van der Waals surface area contributed by atoms with Crippen LogP contribution in [0.5, 0.6) is 5.75 Å². The van der Waals surface area contributed by atoms with Crippen LogP contribution in [0.4, 0.5) is 5.69 Å². The molecule has 0 saturated heterocycles. The Balaban J connectivity index is 1.61. The number of nitrogens with zero attached hydrogens (tertiary/aromatic N) is 2. The van der Waals surface area contributed by atoms with Crippen molar-refractivity contribution >= 4 is 28.5 Å². The summed E-state index contributed by atoms with van der Waals surface area (Å²) >= 11 is 0. The zero-order chi connectivity index (χ0) is 23.4. The molecule has 7 heteroatoms. The quantitative estimate of drug-likeness (QED) is 0.442. The minimum absolute atomic E-state index is 0.0401. The number of hydrogen-bond donors (Lipinski definition) is 2. The third kappa shape index (κ3) is 4.72. The van der Waals surface area contributed by atoms with E-state index in [9.17, 15) is 9.59 Å². The third-order valence-electron chi connectivity index (χ3n) is 5.49. The first-order chi connectivity index (χ1) is 16.0. The molecule has 2 amide bonds. The molecule has 0 spiro atoms. The number of methoxy groups -OCH3 is 1. The van der Waals surface area contributed by atoms with Gasteiger partial charge in [-0.15, -0.1) is 0 Å². The van der Waals surface area contributed by atoms with Gasteiger partial charge in [0.25, 0.3) is 5.91 Å². The second kappa shape index (κ2) is 9.56. The summed E-state index contributed by atoms with van der Waals surface area (Å²) in [5.74, 6) is 0.785. The van der Waals surface area contributed by atoms with Crippen LogP contribution in [-0.2, 0) is 11.3 Å². The third-order valence-corrected chi connectivity index (χ3v) is 5.49. The summed E-state index contributed by atoms with van der Waals surface area (Å²) < 4.78 is 7.16. The maximum Gasteiger partial charge on any atom is 0.252 e. The van der Waals surface area contributed by atoms with Crippen LogP contribution >= 0.6 is 0 Å². The van der Waals surface area contributed by atoms with Crippen LogP contribution in [0.25, 0.3) is 11.0 Å². The fourth-order valence-electron chi connectivity index (χ4n) is 3.84. The molecular weight excluding hydrogens is 416 g/mol. The van der Waals surface area contributed by atoms with Gasteiger partial charge >= 0.3 is 0 Å². The van der Waals surface area contributed by atoms with Gasteiger partial charge < -0.3 is 19.9 Å². The molecule has 168 valence electrons. The van der Waals surface area contributed by atoms with Crippen LogP contribution in [0.15, 0.2) is 72.8 Å². The minimum Gasteiger partial charge on any atom is -0.495 e. The molecule has 0 aliphatic heterocycles. The van der Waals surface area contributed by atoms with Crippen molar-refractivity contribution in [2.75, 3.05) is 12.4 Å². The van der Waals surface area contributed by atoms with Crippen LogP contribution in [-0.4, -0.2) is 28.5 Å². The van der Waals surface area contributed by atoms with E-state index in [0.29, 0.717) is 22.8 Å². The Labute approximate surface area is 192 Å². The van der Waals surface area contributed by atoms with Gasteiger partial charge in [0.2, 0.25) is 5.91 Å². The average Bonchev–Trinajstić information content (AvgIpc) is 3.18. The van der Waals surface area contributed by atoms with Gasteiger partial charge in [0, 0.05) is 5.56 Å². The van der Waals surface area contributed by atoms with E-state index < -0.39 is 6.04 Å². The summed E-state index contributed by atoms with van der Waals surface area (Å²) in [6.45, 7) is 3.81. The Hall–Kier alpha value is -4.13. The lowest BCUT2D eigenvalue weighted by Gasteiger charge is -2.17. The molecule has 0 saturated carbocycles. The zero-order valence-corrected chi connectivity index (χ0v) is 18.8. The van der Waals surface area contributed by atoms with Crippen molar-refractivity contribution in [3.63, 3.8) is 0 Å². The molecule has 4 aromatic rings. The van der Waals surface area contributed by atoms with Gasteiger partial charge in [-0.3, -0.25) is 9.59 Å². The zero-order valence-electron chi connectivity index (χ0n) is 18.8. The highest BCUT2D eigenvalue weighted by Gasteiger charge is 2.21. The number of nitrogens with one attached hydrogen (secondary N) is 2. The number of imidazole rings is 1. The van der Waals surface area contributed by atoms with Gasteiger partial charge in [-0.25, -0.2) is 4.98 Å². The van der Waals surface area contributed by atoms with Gasteiger partial charge in [-0.1, -0.05) is 42.5 Å². The number of fused-ring (bicyclic) bond motifs is 1. The fraction of sp³-hybridized carbons (Fsp3) is 0.192. The van der Waals surface area contributed by atoms with Gasteiger partial charge in [-0.2, -0.15) is 0 Å². The highest BCUT2D eigenvalue weighted by molar-refractivity contribution is 5.96. The maximum atomic E-state index is 13.0. The van der Waals surface area contributed by atoms with E-state index in [1.807, 2.05) is 73.0 Å². The number of anilines is 1.